The normalized spacial score (nSPS) is 17.3. The maximum atomic E-state index is 12.3. The van der Waals surface area contributed by atoms with Crippen molar-refractivity contribution >= 4 is 11.6 Å². The second kappa shape index (κ2) is 7.08. The van der Waals surface area contributed by atoms with Crippen molar-refractivity contribution in [2.24, 2.45) is 11.7 Å². The van der Waals surface area contributed by atoms with Gasteiger partial charge in [0, 0.05) is 25.6 Å². The Morgan fingerprint density at radius 3 is 2.52 bits per heavy atom. The highest BCUT2D eigenvalue weighted by molar-refractivity contribution is 5.76. The molecule has 0 bridgehead atoms. The summed E-state index contributed by atoms with van der Waals surface area (Å²) >= 11 is 0. The Bertz CT molecular complexity index is 588. The van der Waals surface area contributed by atoms with Gasteiger partial charge >= 0.3 is 5.69 Å². The van der Waals surface area contributed by atoms with Gasteiger partial charge in [0.15, 0.2) is 0 Å². The summed E-state index contributed by atoms with van der Waals surface area (Å²) in [7, 11) is 0. The largest absolute Gasteiger partial charge is 0.343 e. The fourth-order valence-corrected chi connectivity index (χ4v) is 3.20. The first-order valence-corrected chi connectivity index (χ1v) is 8.03. The molecule has 0 saturated carbocycles. The van der Waals surface area contributed by atoms with Crippen molar-refractivity contribution in [1.29, 1.82) is 0 Å². The molecule has 1 aliphatic heterocycles. The molecule has 8 nitrogen and oxygen atoms in total. The number of carbonyl (C=O) groups is 1. The lowest BCUT2D eigenvalue weighted by Crippen LogP contribution is -2.42. The van der Waals surface area contributed by atoms with E-state index in [1.807, 2.05) is 11.8 Å². The molecule has 1 saturated heterocycles. The van der Waals surface area contributed by atoms with E-state index in [-0.39, 0.29) is 17.6 Å². The van der Waals surface area contributed by atoms with Gasteiger partial charge in [0.05, 0.1) is 11.5 Å². The molecular weight excluding hydrogens is 298 g/mol. The highest BCUT2D eigenvalue weighted by Crippen LogP contribution is 2.23. The molecule has 23 heavy (non-hydrogen) atoms. The average molecular weight is 323 g/mol. The number of hydrogen-bond acceptors (Lipinski definition) is 5. The molecule has 2 rings (SSSR count). The van der Waals surface area contributed by atoms with Gasteiger partial charge in [-0.3, -0.25) is 19.6 Å². The number of hydrogen-bond donors (Lipinski definition) is 1. The van der Waals surface area contributed by atoms with Crippen molar-refractivity contribution in [3.63, 3.8) is 0 Å². The molecule has 8 heteroatoms. The molecule has 2 N–H and O–H groups in total. The molecule has 1 fully saturated rings. The molecule has 1 aliphatic rings. The zero-order valence-corrected chi connectivity index (χ0v) is 14.0. The summed E-state index contributed by atoms with van der Waals surface area (Å²) in [5.74, 6) is 0.557. The van der Waals surface area contributed by atoms with Gasteiger partial charge in [0.1, 0.15) is 11.4 Å². The number of aromatic nitrogens is 2. The van der Waals surface area contributed by atoms with E-state index < -0.39 is 4.92 Å². The molecule has 0 aromatic carbocycles. The van der Waals surface area contributed by atoms with Gasteiger partial charge in [-0.15, -0.1) is 0 Å². The van der Waals surface area contributed by atoms with Gasteiger partial charge in [0.25, 0.3) is 0 Å². The summed E-state index contributed by atoms with van der Waals surface area (Å²) in [5.41, 5.74) is 6.83. The third-order valence-corrected chi connectivity index (χ3v) is 4.70. The summed E-state index contributed by atoms with van der Waals surface area (Å²) in [4.78, 5) is 24.7. The van der Waals surface area contributed by atoms with Crippen LogP contribution in [0.3, 0.4) is 0 Å². The number of carbonyl (C=O) groups excluding carboxylic acids is 1. The minimum absolute atomic E-state index is 0.0372. The van der Waals surface area contributed by atoms with Crippen LogP contribution in [0.25, 0.3) is 0 Å². The molecule has 1 unspecified atom stereocenters. The number of nitro groups is 1. The topological polar surface area (TPSA) is 107 Å². The Labute approximate surface area is 135 Å². The number of likely N-dealkylation sites (tertiary alicyclic amines) is 1. The van der Waals surface area contributed by atoms with E-state index in [0.717, 1.165) is 25.9 Å². The summed E-state index contributed by atoms with van der Waals surface area (Å²) < 4.78 is 1.56. The maximum Gasteiger partial charge on any atom is 0.312 e. The maximum absolute atomic E-state index is 12.3. The highest BCUT2D eigenvalue weighted by atomic mass is 16.6. The van der Waals surface area contributed by atoms with E-state index in [9.17, 15) is 14.9 Å². The molecule has 1 aromatic rings. The van der Waals surface area contributed by atoms with Gasteiger partial charge < -0.3 is 10.6 Å². The first-order chi connectivity index (χ1) is 10.8. The fraction of sp³-hybridized carbons (Fsp3) is 0.733. The van der Waals surface area contributed by atoms with Crippen LogP contribution in [0.2, 0.25) is 0 Å². The lowest BCUT2D eigenvalue weighted by molar-refractivity contribution is -0.386. The minimum Gasteiger partial charge on any atom is -0.343 e. The third kappa shape index (κ3) is 3.87. The quantitative estimate of drug-likeness (QED) is 0.650. The van der Waals surface area contributed by atoms with E-state index in [0.29, 0.717) is 30.3 Å². The van der Waals surface area contributed by atoms with Crippen LogP contribution < -0.4 is 5.73 Å². The Hall–Kier alpha value is -1.96. The lowest BCUT2D eigenvalue weighted by atomic mass is 9.91. The van der Waals surface area contributed by atoms with E-state index in [1.54, 1.807) is 18.5 Å². The van der Waals surface area contributed by atoms with Gasteiger partial charge in [0.2, 0.25) is 5.91 Å². The van der Waals surface area contributed by atoms with Crippen molar-refractivity contribution < 1.29 is 9.72 Å². The summed E-state index contributed by atoms with van der Waals surface area (Å²) in [6, 6.07) is 0.169. The molecular formula is C15H25N5O3. The van der Waals surface area contributed by atoms with Gasteiger partial charge in [-0.05, 0) is 39.5 Å². The Balaban J connectivity index is 1.91. The zero-order valence-electron chi connectivity index (χ0n) is 14.0. The van der Waals surface area contributed by atoms with Crippen LogP contribution >= 0.6 is 0 Å². The predicted octanol–water partition coefficient (Wildman–Crippen LogP) is 1.38. The average Bonchev–Trinajstić information content (AvgIpc) is 2.79. The van der Waals surface area contributed by atoms with E-state index in [4.69, 9.17) is 5.73 Å². The molecule has 1 aromatic heterocycles. The first-order valence-electron chi connectivity index (χ1n) is 8.03. The number of nitrogens with two attached hydrogens (primary N) is 1. The first kappa shape index (κ1) is 17.4. The molecule has 0 aliphatic carbocycles. The van der Waals surface area contributed by atoms with Crippen molar-refractivity contribution in [3.8, 4) is 0 Å². The molecule has 1 atom stereocenters. The van der Waals surface area contributed by atoms with Crippen molar-refractivity contribution in [3.05, 3.63) is 21.5 Å². The van der Waals surface area contributed by atoms with Gasteiger partial charge in [-0.2, -0.15) is 5.10 Å². The monoisotopic (exact) mass is 323 g/mol. The Morgan fingerprint density at radius 1 is 1.43 bits per heavy atom. The smallest absolute Gasteiger partial charge is 0.312 e. The fourth-order valence-electron chi connectivity index (χ4n) is 3.20. The van der Waals surface area contributed by atoms with E-state index in [2.05, 4.69) is 5.10 Å². The Morgan fingerprint density at radius 2 is 2.04 bits per heavy atom. The SMILES string of the molecule is Cc1nn(CCC(=O)N2CCC(C(C)N)CC2)c(C)c1[N+](=O)[O-]. The predicted molar refractivity (Wildman–Crippen MR) is 85.9 cm³/mol. The summed E-state index contributed by atoms with van der Waals surface area (Å²) in [6.45, 7) is 7.13. The van der Waals surface area contributed by atoms with Crippen LogP contribution in [-0.4, -0.2) is 44.6 Å². The van der Waals surface area contributed by atoms with Crippen LogP contribution in [0.4, 0.5) is 5.69 Å². The van der Waals surface area contributed by atoms with Crippen molar-refractivity contribution in [1.82, 2.24) is 14.7 Å². The van der Waals surface area contributed by atoms with E-state index in [1.165, 1.54) is 0 Å². The van der Waals surface area contributed by atoms with Crippen LogP contribution in [0.1, 0.15) is 37.6 Å². The molecule has 0 spiro atoms. The van der Waals surface area contributed by atoms with Crippen LogP contribution in [0, 0.1) is 29.9 Å². The lowest BCUT2D eigenvalue weighted by Gasteiger charge is -2.33. The van der Waals surface area contributed by atoms with Crippen molar-refractivity contribution in [2.75, 3.05) is 13.1 Å². The van der Waals surface area contributed by atoms with E-state index >= 15 is 0 Å². The van der Waals surface area contributed by atoms with Crippen LogP contribution in [-0.2, 0) is 11.3 Å². The number of amides is 1. The standard InChI is InChI=1S/C15H25N5O3/c1-10(16)13-4-7-18(8-5-13)14(21)6-9-19-12(3)15(20(22)23)11(2)17-19/h10,13H,4-9,16H2,1-3H3. The number of piperidine rings is 1. The highest BCUT2D eigenvalue weighted by Gasteiger charge is 2.26. The summed E-state index contributed by atoms with van der Waals surface area (Å²) in [5, 5.41) is 15.2. The second-order valence-corrected chi connectivity index (χ2v) is 6.33. The number of aryl methyl sites for hydroxylation is 2. The zero-order chi connectivity index (χ0) is 17.1. The molecule has 0 radical (unpaired) electrons. The minimum atomic E-state index is -0.422. The van der Waals surface area contributed by atoms with Gasteiger partial charge in [-0.25, -0.2) is 0 Å². The van der Waals surface area contributed by atoms with Crippen LogP contribution in [0.5, 0.6) is 0 Å². The third-order valence-electron chi connectivity index (χ3n) is 4.70. The molecule has 128 valence electrons. The van der Waals surface area contributed by atoms with Crippen LogP contribution in [0.15, 0.2) is 0 Å². The van der Waals surface area contributed by atoms with Gasteiger partial charge in [-0.1, -0.05) is 0 Å². The summed E-state index contributed by atoms with van der Waals surface area (Å²) in [6.07, 6.45) is 2.19. The number of rotatable bonds is 5. The Kier molecular flexibility index (Phi) is 5.35. The number of nitrogens with zero attached hydrogens (tertiary/aromatic N) is 4. The molecule has 1 amide bonds. The van der Waals surface area contributed by atoms with Crippen molar-refractivity contribution in [2.45, 2.75) is 52.6 Å². The second-order valence-electron chi connectivity index (χ2n) is 6.33. The molecule has 2 heterocycles.